The lowest BCUT2D eigenvalue weighted by molar-refractivity contribution is -0.118. The highest BCUT2D eigenvalue weighted by Gasteiger charge is 2.03. The van der Waals surface area contributed by atoms with Crippen molar-refractivity contribution in [1.29, 1.82) is 0 Å². The fourth-order valence-corrected chi connectivity index (χ4v) is 1.59. The average Bonchev–Trinajstić information content (AvgIpc) is 2.25. The molecule has 0 radical (unpaired) electrons. The van der Waals surface area contributed by atoms with Gasteiger partial charge in [-0.1, -0.05) is 44.2 Å². The minimum Gasteiger partial charge on any atom is -0.315 e. The molecule has 1 aromatic rings. The molecular formula is C14H21NO. The average molecular weight is 219 g/mol. The summed E-state index contributed by atoms with van der Waals surface area (Å²) in [5, 5.41) is 3.31. The maximum atomic E-state index is 11.6. The van der Waals surface area contributed by atoms with Crippen molar-refractivity contribution >= 4 is 5.78 Å². The molecule has 88 valence electrons. The minimum absolute atomic E-state index is 0.330. The third kappa shape index (κ3) is 5.66. The normalized spacial score (nSPS) is 10.7. The van der Waals surface area contributed by atoms with Gasteiger partial charge in [0.15, 0.2) is 0 Å². The van der Waals surface area contributed by atoms with Gasteiger partial charge in [-0.05, 0) is 18.5 Å². The summed E-state index contributed by atoms with van der Waals surface area (Å²) in [6, 6.07) is 10.4. The summed E-state index contributed by atoms with van der Waals surface area (Å²) >= 11 is 0. The maximum absolute atomic E-state index is 11.6. The van der Waals surface area contributed by atoms with Gasteiger partial charge in [0.25, 0.3) is 0 Å². The Bertz CT molecular complexity index is 306. The standard InChI is InChI=1S/C14H21NO/c1-12(2)15-10-6-9-14(16)11-13-7-4-3-5-8-13/h3-5,7-8,12,15H,6,9-11H2,1-2H3. The summed E-state index contributed by atoms with van der Waals surface area (Å²) in [5.41, 5.74) is 1.12. The van der Waals surface area contributed by atoms with Crippen molar-refractivity contribution in [3.05, 3.63) is 35.9 Å². The molecule has 2 heteroatoms. The number of carbonyl (C=O) groups excluding carboxylic acids is 1. The maximum Gasteiger partial charge on any atom is 0.137 e. The molecule has 1 N–H and O–H groups in total. The van der Waals surface area contributed by atoms with E-state index in [-0.39, 0.29) is 0 Å². The molecule has 1 rings (SSSR count). The predicted octanol–water partition coefficient (Wildman–Crippen LogP) is 2.58. The lowest BCUT2D eigenvalue weighted by Crippen LogP contribution is -2.24. The van der Waals surface area contributed by atoms with E-state index in [1.807, 2.05) is 30.3 Å². The van der Waals surface area contributed by atoms with E-state index in [9.17, 15) is 4.79 Å². The van der Waals surface area contributed by atoms with Crippen LogP contribution in [-0.4, -0.2) is 18.4 Å². The van der Waals surface area contributed by atoms with Gasteiger partial charge < -0.3 is 5.32 Å². The smallest absolute Gasteiger partial charge is 0.137 e. The first-order valence-corrected chi connectivity index (χ1v) is 5.97. The van der Waals surface area contributed by atoms with Crippen LogP contribution in [0.1, 0.15) is 32.3 Å². The zero-order valence-corrected chi connectivity index (χ0v) is 10.2. The number of hydrogen-bond acceptors (Lipinski definition) is 2. The van der Waals surface area contributed by atoms with Crippen molar-refractivity contribution in [2.24, 2.45) is 0 Å². The van der Waals surface area contributed by atoms with Gasteiger partial charge in [0.05, 0.1) is 0 Å². The molecule has 0 aliphatic heterocycles. The fourth-order valence-electron chi connectivity index (χ4n) is 1.59. The van der Waals surface area contributed by atoms with Crippen molar-refractivity contribution in [2.45, 2.75) is 39.2 Å². The van der Waals surface area contributed by atoms with Gasteiger partial charge in [-0.25, -0.2) is 0 Å². The van der Waals surface area contributed by atoms with Crippen LogP contribution in [0, 0.1) is 0 Å². The molecule has 0 aliphatic carbocycles. The van der Waals surface area contributed by atoms with E-state index in [0.29, 0.717) is 24.7 Å². The minimum atomic E-state index is 0.330. The van der Waals surface area contributed by atoms with E-state index in [1.54, 1.807) is 0 Å². The molecule has 1 aromatic carbocycles. The Labute approximate surface area is 98.1 Å². The second-order valence-corrected chi connectivity index (χ2v) is 4.41. The molecule has 0 saturated carbocycles. The summed E-state index contributed by atoms with van der Waals surface area (Å²) in [6.45, 7) is 5.16. The Kier molecular flexibility index (Phi) is 5.79. The number of rotatable bonds is 7. The highest BCUT2D eigenvalue weighted by molar-refractivity contribution is 5.80. The lowest BCUT2D eigenvalue weighted by atomic mass is 10.1. The van der Waals surface area contributed by atoms with Gasteiger partial charge in [-0.2, -0.15) is 0 Å². The Hall–Kier alpha value is -1.15. The van der Waals surface area contributed by atoms with Crippen LogP contribution in [0.25, 0.3) is 0 Å². The number of carbonyl (C=O) groups is 1. The molecule has 0 fully saturated rings. The first-order chi connectivity index (χ1) is 7.68. The molecule has 0 saturated heterocycles. The van der Waals surface area contributed by atoms with E-state index in [4.69, 9.17) is 0 Å². The zero-order valence-electron chi connectivity index (χ0n) is 10.2. The number of hydrogen-bond donors (Lipinski definition) is 1. The second kappa shape index (κ2) is 7.18. The number of Topliss-reactive ketones (excluding diaryl/α,β-unsaturated/α-hetero) is 1. The molecule has 16 heavy (non-hydrogen) atoms. The molecule has 0 heterocycles. The van der Waals surface area contributed by atoms with Crippen LogP contribution in [0.15, 0.2) is 30.3 Å². The third-order valence-electron chi connectivity index (χ3n) is 2.43. The molecule has 0 aromatic heterocycles. The zero-order chi connectivity index (χ0) is 11.8. The Morgan fingerprint density at radius 2 is 1.94 bits per heavy atom. The first kappa shape index (κ1) is 12.9. The molecule has 0 unspecified atom stereocenters. The highest BCUT2D eigenvalue weighted by atomic mass is 16.1. The summed E-state index contributed by atoms with van der Waals surface area (Å²) in [4.78, 5) is 11.6. The molecule has 0 spiro atoms. The molecule has 0 aliphatic rings. The van der Waals surface area contributed by atoms with Crippen LogP contribution >= 0.6 is 0 Å². The van der Waals surface area contributed by atoms with Crippen molar-refractivity contribution in [3.8, 4) is 0 Å². The summed E-state index contributed by atoms with van der Waals surface area (Å²) in [5.74, 6) is 0.330. The van der Waals surface area contributed by atoms with Crippen LogP contribution < -0.4 is 5.32 Å². The summed E-state index contributed by atoms with van der Waals surface area (Å²) < 4.78 is 0. The van der Waals surface area contributed by atoms with Gasteiger partial charge in [-0.15, -0.1) is 0 Å². The highest BCUT2D eigenvalue weighted by Crippen LogP contribution is 2.03. The van der Waals surface area contributed by atoms with E-state index in [0.717, 1.165) is 18.5 Å². The van der Waals surface area contributed by atoms with Crippen LogP contribution in [-0.2, 0) is 11.2 Å². The number of ketones is 1. The van der Waals surface area contributed by atoms with Crippen molar-refractivity contribution in [1.82, 2.24) is 5.32 Å². The van der Waals surface area contributed by atoms with E-state index in [1.165, 1.54) is 0 Å². The Balaban J connectivity index is 2.17. The van der Waals surface area contributed by atoms with Gasteiger partial charge in [0, 0.05) is 18.9 Å². The lowest BCUT2D eigenvalue weighted by Gasteiger charge is -2.07. The van der Waals surface area contributed by atoms with Crippen LogP contribution in [0.4, 0.5) is 0 Å². The molecule has 0 atom stereocenters. The van der Waals surface area contributed by atoms with Crippen molar-refractivity contribution in [3.63, 3.8) is 0 Å². The summed E-state index contributed by atoms with van der Waals surface area (Å²) in [7, 11) is 0. The van der Waals surface area contributed by atoms with Gasteiger partial charge in [0.2, 0.25) is 0 Å². The van der Waals surface area contributed by atoms with E-state index in [2.05, 4.69) is 19.2 Å². The van der Waals surface area contributed by atoms with Gasteiger partial charge in [-0.3, -0.25) is 4.79 Å². The molecule has 2 nitrogen and oxygen atoms in total. The summed E-state index contributed by atoms with van der Waals surface area (Å²) in [6.07, 6.45) is 2.18. The monoisotopic (exact) mass is 219 g/mol. The topological polar surface area (TPSA) is 29.1 Å². The van der Waals surface area contributed by atoms with Crippen LogP contribution in [0.2, 0.25) is 0 Å². The Morgan fingerprint density at radius 3 is 2.56 bits per heavy atom. The van der Waals surface area contributed by atoms with Gasteiger partial charge in [0.1, 0.15) is 5.78 Å². The number of benzene rings is 1. The first-order valence-electron chi connectivity index (χ1n) is 5.97. The molecular weight excluding hydrogens is 198 g/mol. The van der Waals surface area contributed by atoms with Crippen LogP contribution in [0.3, 0.4) is 0 Å². The third-order valence-corrected chi connectivity index (χ3v) is 2.43. The second-order valence-electron chi connectivity index (χ2n) is 4.41. The molecule has 0 amide bonds. The largest absolute Gasteiger partial charge is 0.315 e. The van der Waals surface area contributed by atoms with Crippen molar-refractivity contribution < 1.29 is 4.79 Å². The van der Waals surface area contributed by atoms with Crippen LogP contribution in [0.5, 0.6) is 0 Å². The van der Waals surface area contributed by atoms with E-state index >= 15 is 0 Å². The quantitative estimate of drug-likeness (QED) is 0.714. The predicted molar refractivity (Wildman–Crippen MR) is 67.5 cm³/mol. The van der Waals surface area contributed by atoms with E-state index < -0.39 is 0 Å². The van der Waals surface area contributed by atoms with Gasteiger partial charge >= 0.3 is 0 Å². The Morgan fingerprint density at radius 1 is 1.25 bits per heavy atom. The SMILES string of the molecule is CC(C)NCCCC(=O)Cc1ccccc1. The number of nitrogens with one attached hydrogen (secondary N) is 1. The van der Waals surface area contributed by atoms with Crippen molar-refractivity contribution in [2.75, 3.05) is 6.54 Å². The molecule has 0 bridgehead atoms. The fraction of sp³-hybridized carbons (Fsp3) is 0.500.